The summed E-state index contributed by atoms with van der Waals surface area (Å²) in [6.07, 6.45) is -3.87. The second kappa shape index (κ2) is 8.40. The van der Waals surface area contributed by atoms with E-state index in [1.54, 1.807) is 18.1 Å². The third-order valence-electron chi connectivity index (χ3n) is 6.24. The first-order valence-corrected chi connectivity index (χ1v) is 11.1. The summed E-state index contributed by atoms with van der Waals surface area (Å²) in [5.74, 6) is 0.348. The minimum Gasteiger partial charge on any atom is -0.497 e. The van der Waals surface area contributed by atoms with Crippen LogP contribution in [0, 0.1) is 0 Å². The second-order valence-electron chi connectivity index (χ2n) is 8.21. The number of halogens is 4. The van der Waals surface area contributed by atoms with Crippen molar-refractivity contribution in [2.24, 2.45) is 0 Å². The number of aromatic nitrogens is 1. The zero-order valence-electron chi connectivity index (χ0n) is 18.1. The van der Waals surface area contributed by atoms with Gasteiger partial charge in [-0.25, -0.2) is 0 Å². The summed E-state index contributed by atoms with van der Waals surface area (Å²) in [5, 5.41) is 1.63. The van der Waals surface area contributed by atoms with E-state index in [2.05, 4.69) is 4.98 Å². The Morgan fingerprint density at radius 1 is 1.06 bits per heavy atom. The topological polar surface area (TPSA) is 45.3 Å². The first-order valence-electron chi connectivity index (χ1n) is 10.7. The highest BCUT2D eigenvalue weighted by Crippen LogP contribution is 2.40. The number of amides is 1. The molecule has 1 aromatic heterocycles. The van der Waals surface area contributed by atoms with Crippen molar-refractivity contribution in [2.75, 3.05) is 13.7 Å². The van der Waals surface area contributed by atoms with Gasteiger partial charge >= 0.3 is 6.18 Å². The Bertz CT molecular complexity index is 1360. The van der Waals surface area contributed by atoms with Gasteiger partial charge in [-0.2, -0.15) is 13.2 Å². The first kappa shape index (κ1) is 22.3. The molecule has 174 valence electrons. The van der Waals surface area contributed by atoms with Gasteiger partial charge in [-0.3, -0.25) is 4.79 Å². The smallest absolute Gasteiger partial charge is 0.416 e. The summed E-state index contributed by atoms with van der Waals surface area (Å²) in [6.45, 7) is 0.406. The van der Waals surface area contributed by atoms with Crippen molar-refractivity contribution in [3.63, 3.8) is 0 Å². The first-order chi connectivity index (χ1) is 16.3. The van der Waals surface area contributed by atoms with Crippen LogP contribution in [0.2, 0.25) is 5.02 Å². The predicted molar refractivity (Wildman–Crippen MR) is 124 cm³/mol. The third kappa shape index (κ3) is 3.90. The number of methoxy groups -OCH3 is 1. The lowest BCUT2D eigenvalue weighted by atomic mass is 9.91. The van der Waals surface area contributed by atoms with Crippen molar-refractivity contribution in [2.45, 2.75) is 18.6 Å². The molecule has 4 nitrogen and oxygen atoms in total. The van der Waals surface area contributed by atoms with Gasteiger partial charge in [-0.1, -0.05) is 23.7 Å². The van der Waals surface area contributed by atoms with Crippen molar-refractivity contribution in [3.8, 4) is 5.75 Å². The predicted octanol–water partition coefficient (Wildman–Crippen LogP) is 6.64. The van der Waals surface area contributed by atoms with E-state index in [0.717, 1.165) is 39.9 Å². The lowest BCUT2D eigenvalue weighted by Gasteiger charge is -2.36. The summed E-state index contributed by atoms with van der Waals surface area (Å²) >= 11 is 6.24. The van der Waals surface area contributed by atoms with Gasteiger partial charge < -0.3 is 14.6 Å². The summed E-state index contributed by atoms with van der Waals surface area (Å²) in [5.41, 5.74) is 3.14. The number of aromatic amines is 1. The molecule has 2 heterocycles. The highest BCUT2D eigenvalue weighted by atomic mass is 35.5. The molecule has 0 radical (unpaired) electrons. The number of nitrogens with zero attached hydrogens (tertiary/aromatic N) is 1. The maximum Gasteiger partial charge on any atom is 0.416 e. The minimum absolute atomic E-state index is 0.203. The molecule has 0 saturated heterocycles. The van der Waals surface area contributed by atoms with E-state index in [4.69, 9.17) is 16.3 Å². The highest BCUT2D eigenvalue weighted by molar-refractivity contribution is 6.31. The minimum atomic E-state index is -4.46. The fraction of sp³-hybridized carbons (Fsp3) is 0.192. The van der Waals surface area contributed by atoms with Crippen molar-refractivity contribution in [3.05, 3.63) is 99.7 Å². The van der Waals surface area contributed by atoms with Gasteiger partial charge in [-0.05, 0) is 72.1 Å². The molecular weight excluding hydrogens is 465 g/mol. The van der Waals surface area contributed by atoms with Crippen LogP contribution in [0.25, 0.3) is 10.9 Å². The molecular formula is C26H20ClF3N2O2. The highest BCUT2D eigenvalue weighted by Gasteiger charge is 2.36. The fourth-order valence-corrected chi connectivity index (χ4v) is 4.75. The van der Waals surface area contributed by atoms with E-state index in [9.17, 15) is 18.0 Å². The number of H-pyrrole nitrogens is 1. The molecule has 1 atom stereocenters. The molecule has 8 heteroatoms. The molecule has 34 heavy (non-hydrogen) atoms. The number of alkyl halides is 3. The van der Waals surface area contributed by atoms with Gasteiger partial charge in [0.05, 0.1) is 18.7 Å². The van der Waals surface area contributed by atoms with Crippen LogP contribution in [0.15, 0.2) is 66.7 Å². The maximum absolute atomic E-state index is 13.5. The Balaban J connectivity index is 1.60. The van der Waals surface area contributed by atoms with Gasteiger partial charge in [0, 0.05) is 33.7 Å². The second-order valence-corrected chi connectivity index (χ2v) is 8.64. The number of ether oxygens (including phenoxy) is 1. The van der Waals surface area contributed by atoms with Crippen molar-refractivity contribution < 1.29 is 22.7 Å². The van der Waals surface area contributed by atoms with Crippen LogP contribution in [0.1, 0.15) is 38.8 Å². The van der Waals surface area contributed by atoms with Crippen molar-refractivity contribution >= 4 is 28.4 Å². The fourth-order valence-electron chi connectivity index (χ4n) is 4.58. The van der Waals surface area contributed by atoms with E-state index in [-0.39, 0.29) is 11.5 Å². The number of hydrogen-bond donors (Lipinski definition) is 1. The molecule has 0 bridgehead atoms. The molecule has 1 aliphatic heterocycles. The average molecular weight is 485 g/mol. The number of fused-ring (bicyclic) bond motifs is 3. The molecule has 0 fully saturated rings. The molecule has 5 rings (SSSR count). The summed E-state index contributed by atoms with van der Waals surface area (Å²) in [7, 11) is 1.58. The lowest BCUT2D eigenvalue weighted by molar-refractivity contribution is -0.137. The van der Waals surface area contributed by atoms with Crippen LogP contribution < -0.4 is 4.74 Å². The Kier molecular flexibility index (Phi) is 5.52. The quantitative estimate of drug-likeness (QED) is 0.354. The molecule has 0 spiro atoms. The number of rotatable bonds is 3. The Hall–Kier alpha value is -3.45. The number of carbonyl (C=O) groups is 1. The lowest BCUT2D eigenvalue weighted by Crippen LogP contribution is -2.40. The van der Waals surface area contributed by atoms with Gasteiger partial charge in [0.25, 0.3) is 5.91 Å². The number of nitrogens with one attached hydrogen (secondary N) is 1. The van der Waals surface area contributed by atoms with Crippen LogP contribution in [0.3, 0.4) is 0 Å². The van der Waals surface area contributed by atoms with E-state index < -0.39 is 17.8 Å². The normalized spacial score (nSPS) is 15.9. The van der Waals surface area contributed by atoms with Gasteiger partial charge in [-0.15, -0.1) is 0 Å². The van der Waals surface area contributed by atoms with Gasteiger partial charge in [0.1, 0.15) is 5.75 Å². The Morgan fingerprint density at radius 2 is 1.76 bits per heavy atom. The van der Waals surface area contributed by atoms with Crippen LogP contribution in [0.4, 0.5) is 13.2 Å². The zero-order valence-corrected chi connectivity index (χ0v) is 18.9. The van der Waals surface area contributed by atoms with E-state index >= 15 is 0 Å². The SMILES string of the molecule is COc1ccc(C2c3[nH]c4ccc(Cl)cc4c3CCN2C(=O)c2ccc(C(F)(F)F)cc2)cc1. The molecule has 1 unspecified atom stereocenters. The van der Waals surface area contributed by atoms with Crippen LogP contribution in [-0.4, -0.2) is 29.4 Å². The molecule has 1 aliphatic rings. The van der Waals surface area contributed by atoms with Gasteiger partial charge in [0.2, 0.25) is 0 Å². The average Bonchev–Trinajstić information content (AvgIpc) is 3.20. The standard InChI is InChI=1S/C26H20ClF3N2O2/c1-34-19-9-4-15(5-10-19)24-23-20(21-14-18(27)8-11-22(21)31-23)12-13-32(24)25(33)16-2-6-17(7-3-16)26(28,29)30/h2-11,14,24,31H,12-13H2,1H3. The van der Waals surface area contributed by atoms with E-state index in [1.807, 2.05) is 36.4 Å². The molecule has 0 saturated carbocycles. The van der Waals surface area contributed by atoms with E-state index in [1.165, 1.54) is 12.1 Å². The Morgan fingerprint density at radius 3 is 2.41 bits per heavy atom. The van der Waals surface area contributed by atoms with Crippen LogP contribution in [0.5, 0.6) is 5.75 Å². The Labute approximate surface area is 198 Å². The summed E-state index contributed by atoms with van der Waals surface area (Å²) in [4.78, 5) is 18.7. The number of benzene rings is 3. The number of hydrogen-bond acceptors (Lipinski definition) is 2. The molecule has 3 aromatic carbocycles. The molecule has 0 aliphatic carbocycles. The zero-order chi connectivity index (χ0) is 24.0. The third-order valence-corrected chi connectivity index (χ3v) is 6.48. The number of carbonyl (C=O) groups excluding carboxylic acids is 1. The van der Waals surface area contributed by atoms with Gasteiger partial charge in [0.15, 0.2) is 0 Å². The van der Waals surface area contributed by atoms with E-state index in [0.29, 0.717) is 23.7 Å². The molecule has 1 amide bonds. The van der Waals surface area contributed by atoms with Crippen LogP contribution in [-0.2, 0) is 12.6 Å². The largest absolute Gasteiger partial charge is 0.497 e. The monoisotopic (exact) mass is 484 g/mol. The summed E-state index contributed by atoms with van der Waals surface area (Å²) < 4.78 is 44.3. The summed E-state index contributed by atoms with van der Waals surface area (Å²) in [6, 6.07) is 16.9. The van der Waals surface area contributed by atoms with Crippen molar-refractivity contribution in [1.29, 1.82) is 0 Å². The molecule has 1 N–H and O–H groups in total. The molecule has 4 aromatic rings. The van der Waals surface area contributed by atoms with Crippen LogP contribution >= 0.6 is 11.6 Å². The van der Waals surface area contributed by atoms with Crippen molar-refractivity contribution in [1.82, 2.24) is 9.88 Å². The maximum atomic E-state index is 13.5.